The number of ketones is 1. The molecular formula is C16H14FNO3. The van der Waals surface area contributed by atoms with Gasteiger partial charge in [0.25, 0.3) is 0 Å². The molecule has 4 nitrogen and oxygen atoms in total. The maximum atomic E-state index is 13.7. The summed E-state index contributed by atoms with van der Waals surface area (Å²) in [4.78, 5) is 22.7. The number of hydrogen-bond donors (Lipinski definition) is 1. The Kier molecular flexibility index (Phi) is 4.66. The molecule has 0 heterocycles. The van der Waals surface area contributed by atoms with Crippen LogP contribution in [-0.4, -0.2) is 11.9 Å². The zero-order valence-corrected chi connectivity index (χ0v) is 11.4. The summed E-state index contributed by atoms with van der Waals surface area (Å²) in [5.74, 6) is -0.925. The van der Waals surface area contributed by atoms with Crippen molar-refractivity contribution in [2.75, 3.05) is 5.32 Å². The van der Waals surface area contributed by atoms with Crippen molar-refractivity contribution in [3.05, 3.63) is 65.5 Å². The molecule has 108 valence electrons. The fraction of sp³-hybridized carbons (Fsp3) is 0.125. The van der Waals surface area contributed by atoms with Crippen molar-refractivity contribution in [3.8, 4) is 0 Å². The summed E-state index contributed by atoms with van der Waals surface area (Å²) in [6, 6.07) is 13.0. The van der Waals surface area contributed by atoms with E-state index >= 15 is 0 Å². The van der Waals surface area contributed by atoms with Gasteiger partial charge in [-0.05, 0) is 30.7 Å². The monoisotopic (exact) mass is 287 g/mol. The molecule has 0 bridgehead atoms. The van der Waals surface area contributed by atoms with Gasteiger partial charge in [0.1, 0.15) is 12.4 Å². The van der Waals surface area contributed by atoms with Crippen LogP contribution in [0.1, 0.15) is 22.8 Å². The van der Waals surface area contributed by atoms with Crippen LogP contribution in [0, 0.1) is 5.82 Å². The topological polar surface area (TPSA) is 55.4 Å². The second kappa shape index (κ2) is 6.65. The van der Waals surface area contributed by atoms with Crippen LogP contribution in [-0.2, 0) is 11.3 Å². The summed E-state index contributed by atoms with van der Waals surface area (Å²) in [5.41, 5.74) is 1.05. The number of carbonyl (C=O) groups is 2. The van der Waals surface area contributed by atoms with Gasteiger partial charge in [-0.15, -0.1) is 0 Å². The highest BCUT2D eigenvalue weighted by atomic mass is 19.1. The molecule has 0 unspecified atom stereocenters. The van der Waals surface area contributed by atoms with Gasteiger partial charge in [-0.3, -0.25) is 10.1 Å². The van der Waals surface area contributed by atoms with Crippen molar-refractivity contribution in [1.82, 2.24) is 0 Å². The molecule has 0 fully saturated rings. The molecule has 0 spiro atoms. The van der Waals surface area contributed by atoms with Crippen LogP contribution in [0.5, 0.6) is 0 Å². The highest BCUT2D eigenvalue weighted by Gasteiger charge is 2.10. The molecule has 0 aliphatic carbocycles. The second-order valence-electron chi connectivity index (χ2n) is 4.44. The first-order valence-electron chi connectivity index (χ1n) is 6.34. The molecular weight excluding hydrogens is 273 g/mol. The maximum absolute atomic E-state index is 13.7. The molecule has 2 aromatic carbocycles. The average molecular weight is 287 g/mol. The third kappa shape index (κ3) is 4.14. The van der Waals surface area contributed by atoms with Gasteiger partial charge in [-0.25, -0.2) is 9.18 Å². The summed E-state index contributed by atoms with van der Waals surface area (Å²) in [7, 11) is 0. The smallest absolute Gasteiger partial charge is 0.412 e. The molecule has 2 rings (SSSR count). The average Bonchev–Trinajstić information content (AvgIpc) is 2.48. The molecule has 0 aliphatic heterocycles. The zero-order valence-electron chi connectivity index (χ0n) is 11.4. The van der Waals surface area contributed by atoms with Crippen LogP contribution < -0.4 is 5.32 Å². The predicted octanol–water partition coefficient (Wildman–Crippen LogP) is 3.78. The van der Waals surface area contributed by atoms with Gasteiger partial charge in [-0.2, -0.15) is 0 Å². The molecule has 2 aromatic rings. The molecule has 0 aromatic heterocycles. The SMILES string of the molecule is CC(=O)c1ccc(NC(=O)OCc2ccccc2)c(F)c1. The summed E-state index contributed by atoms with van der Waals surface area (Å²) < 4.78 is 18.7. The van der Waals surface area contributed by atoms with E-state index in [0.717, 1.165) is 11.6 Å². The van der Waals surface area contributed by atoms with E-state index in [-0.39, 0.29) is 23.6 Å². The van der Waals surface area contributed by atoms with Crippen molar-refractivity contribution in [2.45, 2.75) is 13.5 Å². The Morgan fingerprint density at radius 2 is 1.86 bits per heavy atom. The van der Waals surface area contributed by atoms with Crippen LogP contribution in [0.2, 0.25) is 0 Å². The fourth-order valence-corrected chi connectivity index (χ4v) is 1.70. The van der Waals surface area contributed by atoms with E-state index in [0.29, 0.717) is 0 Å². The number of anilines is 1. The summed E-state index contributed by atoms with van der Waals surface area (Å²) >= 11 is 0. The van der Waals surface area contributed by atoms with Gasteiger partial charge in [-0.1, -0.05) is 30.3 Å². The molecule has 1 amide bonds. The number of nitrogens with one attached hydrogen (secondary N) is 1. The summed E-state index contributed by atoms with van der Waals surface area (Å²) in [6.07, 6.45) is -0.756. The standard InChI is InChI=1S/C16H14FNO3/c1-11(19)13-7-8-15(14(17)9-13)18-16(20)21-10-12-5-3-2-4-6-12/h2-9H,10H2,1H3,(H,18,20). The van der Waals surface area contributed by atoms with Crippen LogP contribution >= 0.6 is 0 Å². The summed E-state index contributed by atoms with van der Waals surface area (Å²) in [6.45, 7) is 1.44. The van der Waals surface area contributed by atoms with E-state index in [4.69, 9.17) is 4.74 Å². The van der Waals surface area contributed by atoms with Gasteiger partial charge in [0, 0.05) is 5.56 Å². The first-order chi connectivity index (χ1) is 10.1. The van der Waals surface area contributed by atoms with Crippen LogP contribution in [0.25, 0.3) is 0 Å². The molecule has 1 N–H and O–H groups in total. The van der Waals surface area contributed by atoms with E-state index in [9.17, 15) is 14.0 Å². The molecule has 21 heavy (non-hydrogen) atoms. The number of halogens is 1. The molecule has 0 saturated heterocycles. The molecule has 5 heteroatoms. The van der Waals surface area contributed by atoms with Crippen molar-refractivity contribution >= 4 is 17.6 Å². The van der Waals surface area contributed by atoms with E-state index in [1.54, 1.807) is 0 Å². The first-order valence-corrected chi connectivity index (χ1v) is 6.34. The van der Waals surface area contributed by atoms with Gasteiger partial charge in [0.15, 0.2) is 5.78 Å². The Hall–Kier alpha value is -2.69. The number of hydrogen-bond acceptors (Lipinski definition) is 3. The second-order valence-corrected chi connectivity index (χ2v) is 4.44. The number of carbonyl (C=O) groups excluding carboxylic acids is 2. The maximum Gasteiger partial charge on any atom is 0.412 e. The number of Topliss-reactive ketones (excluding diaryl/α,β-unsaturated/α-hetero) is 1. The van der Waals surface area contributed by atoms with Gasteiger partial charge in [0.05, 0.1) is 5.69 Å². The van der Waals surface area contributed by atoms with E-state index < -0.39 is 11.9 Å². The number of ether oxygens (including phenoxy) is 1. The van der Waals surface area contributed by atoms with Crippen molar-refractivity contribution in [1.29, 1.82) is 0 Å². The third-order valence-electron chi connectivity index (χ3n) is 2.83. The number of benzene rings is 2. The lowest BCUT2D eigenvalue weighted by molar-refractivity contribution is 0.101. The fourth-order valence-electron chi connectivity index (χ4n) is 1.70. The van der Waals surface area contributed by atoms with Crippen LogP contribution in [0.3, 0.4) is 0 Å². The van der Waals surface area contributed by atoms with E-state index in [1.807, 2.05) is 30.3 Å². The number of amides is 1. The van der Waals surface area contributed by atoms with Crippen molar-refractivity contribution < 1.29 is 18.7 Å². The first kappa shape index (κ1) is 14.7. The minimum atomic E-state index is -0.756. The molecule has 0 aliphatic rings. The lowest BCUT2D eigenvalue weighted by Crippen LogP contribution is -2.14. The normalized spacial score (nSPS) is 10.0. The van der Waals surface area contributed by atoms with Crippen LogP contribution in [0.4, 0.5) is 14.9 Å². The largest absolute Gasteiger partial charge is 0.444 e. The minimum absolute atomic E-state index is 0.0296. The lowest BCUT2D eigenvalue weighted by Gasteiger charge is -2.08. The number of rotatable bonds is 4. The summed E-state index contributed by atoms with van der Waals surface area (Å²) in [5, 5.41) is 2.30. The highest BCUT2D eigenvalue weighted by Crippen LogP contribution is 2.16. The highest BCUT2D eigenvalue weighted by molar-refractivity contribution is 5.95. The van der Waals surface area contributed by atoms with E-state index in [1.165, 1.54) is 19.1 Å². The molecule has 0 atom stereocenters. The molecule has 0 saturated carbocycles. The van der Waals surface area contributed by atoms with Crippen molar-refractivity contribution in [2.24, 2.45) is 0 Å². The van der Waals surface area contributed by atoms with E-state index in [2.05, 4.69) is 5.32 Å². The molecule has 0 radical (unpaired) electrons. The quantitative estimate of drug-likeness (QED) is 0.871. The zero-order chi connectivity index (χ0) is 15.2. The Labute approximate surface area is 121 Å². The van der Waals surface area contributed by atoms with Gasteiger partial charge < -0.3 is 4.74 Å². The van der Waals surface area contributed by atoms with Gasteiger partial charge >= 0.3 is 6.09 Å². The lowest BCUT2D eigenvalue weighted by atomic mass is 10.1. The van der Waals surface area contributed by atoms with Crippen molar-refractivity contribution in [3.63, 3.8) is 0 Å². The van der Waals surface area contributed by atoms with Crippen LogP contribution in [0.15, 0.2) is 48.5 Å². The minimum Gasteiger partial charge on any atom is -0.444 e. The Morgan fingerprint density at radius 1 is 1.14 bits per heavy atom. The predicted molar refractivity (Wildman–Crippen MR) is 76.7 cm³/mol. The Bertz CT molecular complexity index is 656. The third-order valence-corrected chi connectivity index (χ3v) is 2.83. The Morgan fingerprint density at radius 3 is 2.48 bits per heavy atom. The Balaban J connectivity index is 1.95. The van der Waals surface area contributed by atoms with Gasteiger partial charge in [0.2, 0.25) is 0 Å².